The molecule has 18 heavy (non-hydrogen) atoms. The molecule has 1 aliphatic rings. The number of rotatable bonds is 4. The molecule has 0 amide bonds. The Hall–Kier alpha value is -0.150. The third kappa shape index (κ3) is 3.45. The van der Waals surface area contributed by atoms with Gasteiger partial charge in [-0.3, -0.25) is 0 Å². The van der Waals surface area contributed by atoms with E-state index in [1.54, 1.807) is 0 Å². The summed E-state index contributed by atoms with van der Waals surface area (Å²) in [4.78, 5) is 0. The molecular weight excluding hydrogens is 322 g/mol. The standard InChI is InChI=1S/C14H16BrClF2/c15-11-8-13(17)10(7-14(11)18)12(16)6-5-9-3-1-2-4-9/h7-9,12H,1-6H2. The second kappa shape index (κ2) is 6.33. The van der Waals surface area contributed by atoms with E-state index in [1.165, 1.54) is 31.7 Å². The van der Waals surface area contributed by atoms with Crippen LogP contribution in [0.2, 0.25) is 0 Å². The fraction of sp³-hybridized carbons (Fsp3) is 0.571. The van der Waals surface area contributed by atoms with Crippen LogP contribution >= 0.6 is 27.5 Å². The van der Waals surface area contributed by atoms with Crippen molar-refractivity contribution in [3.63, 3.8) is 0 Å². The highest BCUT2D eigenvalue weighted by Crippen LogP contribution is 2.35. The molecule has 4 heteroatoms. The average molecular weight is 338 g/mol. The molecule has 0 radical (unpaired) electrons. The van der Waals surface area contributed by atoms with Gasteiger partial charge in [0.15, 0.2) is 0 Å². The van der Waals surface area contributed by atoms with Crippen LogP contribution in [0.3, 0.4) is 0 Å². The van der Waals surface area contributed by atoms with Gasteiger partial charge in [0.25, 0.3) is 0 Å². The lowest BCUT2D eigenvalue weighted by Gasteiger charge is -2.14. The molecule has 1 saturated carbocycles. The maximum Gasteiger partial charge on any atom is 0.137 e. The van der Waals surface area contributed by atoms with Crippen molar-refractivity contribution in [3.05, 3.63) is 33.8 Å². The molecule has 0 N–H and O–H groups in total. The van der Waals surface area contributed by atoms with Crippen LogP contribution in [0.1, 0.15) is 49.5 Å². The van der Waals surface area contributed by atoms with E-state index in [0.29, 0.717) is 6.42 Å². The summed E-state index contributed by atoms with van der Waals surface area (Å²) in [6.45, 7) is 0. The van der Waals surface area contributed by atoms with Crippen molar-refractivity contribution < 1.29 is 8.78 Å². The van der Waals surface area contributed by atoms with Gasteiger partial charge in [0.1, 0.15) is 11.6 Å². The van der Waals surface area contributed by atoms with Crippen molar-refractivity contribution in [2.24, 2.45) is 5.92 Å². The van der Waals surface area contributed by atoms with Gasteiger partial charge in [0.2, 0.25) is 0 Å². The Morgan fingerprint density at radius 1 is 1.22 bits per heavy atom. The van der Waals surface area contributed by atoms with E-state index in [1.807, 2.05) is 0 Å². The lowest BCUT2D eigenvalue weighted by Crippen LogP contribution is -2.00. The predicted molar refractivity (Wildman–Crippen MR) is 73.8 cm³/mol. The lowest BCUT2D eigenvalue weighted by atomic mass is 9.98. The first-order valence-electron chi connectivity index (χ1n) is 6.36. The minimum absolute atomic E-state index is 0.142. The Kier molecular flexibility index (Phi) is 5.02. The monoisotopic (exact) mass is 336 g/mol. The predicted octanol–water partition coefficient (Wildman–Crippen LogP) is 5.98. The fourth-order valence-corrected chi connectivity index (χ4v) is 3.22. The zero-order valence-corrected chi connectivity index (χ0v) is 12.4. The highest BCUT2D eigenvalue weighted by Gasteiger charge is 2.20. The SMILES string of the molecule is Fc1cc(C(Cl)CCC2CCCC2)c(F)cc1Br. The Balaban J connectivity index is 1.99. The summed E-state index contributed by atoms with van der Waals surface area (Å²) in [6.07, 6.45) is 6.80. The van der Waals surface area contributed by atoms with Gasteiger partial charge in [-0.05, 0) is 46.8 Å². The van der Waals surface area contributed by atoms with E-state index in [0.717, 1.165) is 18.4 Å². The van der Waals surface area contributed by atoms with Crippen LogP contribution in [0.5, 0.6) is 0 Å². The molecule has 1 aromatic carbocycles. The molecule has 0 bridgehead atoms. The Morgan fingerprint density at radius 2 is 1.89 bits per heavy atom. The van der Waals surface area contributed by atoms with Gasteiger partial charge in [-0.2, -0.15) is 0 Å². The highest BCUT2D eigenvalue weighted by atomic mass is 79.9. The van der Waals surface area contributed by atoms with Crippen LogP contribution in [-0.4, -0.2) is 0 Å². The second-order valence-electron chi connectivity index (χ2n) is 4.98. The summed E-state index contributed by atoms with van der Waals surface area (Å²) < 4.78 is 27.2. The van der Waals surface area contributed by atoms with Crippen molar-refractivity contribution >= 4 is 27.5 Å². The molecule has 100 valence electrons. The molecule has 1 atom stereocenters. The number of hydrogen-bond acceptors (Lipinski definition) is 0. The fourth-order valence-electron chi connectivity index (χ4n) is 2.61. The Morgan fingerprint density at radius 3 is 2.56 bits per heavy atom. The van der Waals surface area contributed by atoms with Gasteiger partial charge in [-0.25, -0.2) is 8.78 Å². The topological polar surface area (TPSA) is 0 Å². The van der Waals surface area contributed by atoms with E-state index >= 15 is 0 Å². The molecule has 0 aliphatic heterocycles. The maximum atomic E-state index is 13.7. The lowest BCUT2D eigenvalue weighted by molar-refractivity contribution is 0.474. The third-order valence-corrected chi connectivity index (χ3v) is 4.74. The summed E-state index contributed by atoms with van der Waals surface area (Å²) in [6, 6.07) is 2.35. The Bertz CT molecular complexity index is 417. The maximum absolute atomic E-state index is 13.7. The first-order chi connectivity index (χ1) is 8.58. The Labute approximate surface area is 120 Å². The van der Waals surface area contributed by atoms with Crippen LogP contribution in [0.4, 0.5) is 8.78 Å². The minimum Gasteiger partial charge on any atom is -0.207 e. The molecule has 1 aromatic rings. The highest BCUT2D eigenvalue weighted by molar-refractivity contribution is 9.10. The third-order valence-electron chi connectivity index (χ3n) is 3.68. The molecule has 0 nitrogen and oxygen atoms in total. The van der Waals surface area contributed by atoms with E-state index < -0.39 is 17.0 Å². The second-order valence-corrected chi connectivity index (χ2v) is 6.36. The van der Waals surface area contributed by atoms with Crippen LogP contribution in [0, 0.1) is 17.6 Å². The van der Waals surface area contributed by atoms with Crippen LogP contribution in [0.15, 0.2) is 16.6 Å². The van der Waals surface area contributed by atoms with E-state index in [-0.39, 0.29) is 10.0 Å². The normalized spacial score (nSPS) is 18.2. The minimum atomic E-state index is -0.460. The summed E-state index contributed by atoms with van der Waals surface area (Å²) in [7, 11) is 0. The van der Waals surface area contributed by atoms with Crippen LogP contribution < -0.4 is 0 Å². The number of hydrogen-bond donors (Lipinski definition) is 0. The molecule has 0 heterocycles. The quantitative estimate of drug-likeness (QED) is 0.468. The van der Waals surface area contributed by atoms with Crippen molar-refractivity contribution in [1.29, 1.82) is 0 Å². The van der Waals surface area contributed by atoms with Gasteiger partial charge in [-0.1, -0.05) is 25.7 Å². The smallest absolute Gasteiger partial charge is 0.137 e. The molecule has 1 unspecified atom stereocenters. The first-order valence-corrected chi connectivity index (χ1v) is 7.59. The van der Waals surface area contributed by atoms with Gasteiger partial charge in [0, 0.05) is 5.56 Å². The average Bonchev–Trinajstić information content (AvgIpc) is 2.84. The van der Waals surface area contributed by atoms with E-state index in [2.05, 4.69) is 15.9 Å². The van der Waals surface area contributed by atoms with Crippen molar-refractivity contribution in [2.75, 3.05) is 0 Å². The van der Waals surface area contributed by atoms with Crippen molar-refractivity contribution in [2.45, 2.75) is 43.9 Å². The van der Waals surface area contributed by atoms with Crippen LogP contribution in [-0.2, 0) is 0 Å². The number of alkyl halides is 1. The van der Waals surface area contributed by atoms with Gasteiger partial charge in [-0.15, -0.1) is 11.6 Å². The van der Waals surface area contributed by atoms with Gasteiger partial charge in [0.05, 0.1) is 9.85 Å². The molecule has 1 fully saturated rings. The van der Waals surface area contributed by atoms with Crippen molar-refractivity contribution in [1.82, 2.24) is 0 Å². The molecule has 2 rings (SSSR count). The molecule has 1 aliphatic carbocycles. The molecule has 0 saturated heterocycles. The molecule has 0 spiro atoms. The van der Waals surface area contributed by atoms with Crippen molar-refractivity contribution in [3.8, 4) is 0 Å². The number of benzene rings is 1. The first kappa shape index (κ1) is 14.3. The van der Waals surface area contributed by atoms with Crippen LogP contribution in [0.25, 0.3) is 0 Å². The summed E-state index contributed by atoms with van der Waals surface area (Å²) >= 11 is 9.16. The van der Waals surface area contributed by atoms with E-state index in [4.69, 9.17) is 11.6 Å². The van der Waals surface area contributed by atoms with Gasteiger partial charge < -0.3 is 0 Å². The number of halogens is 4. The molecular formula is C14H16BrClF2. The zero-order chi connectivity index (χ0) is 13.1. The summed E-state index contributed by atoms with van der Waals surface area (Å²) in [5.41, 5.74) is 0.273. The largest absolute Gasteiger partial charge is 0.207 e. The zero-order valence-electron chi connectivity index (χ0n) is 10.1. The summed E-state index contributed by atoms with van der Waals surface area (Å²) in [5, 5.41) is -0.437. The molecule has 0 aromatic heterocycles. The van der Waals surface area contributed by atoms with E-state index in [9.17, 15) is 8.78 Å². The van der Waals surface area contributed by atoms with Gasteiger partial charge >= 0.3 is 0 Å². The summed E-state index contributed by atoms with van der Waals surface area (Å²) in [5.74, 6) is -0.179.